The number of aromatic nitrogens is 2. The standard InChI is InChI=1S/C13H13FN2O2/c14-9-3-4-10-11(6-9)15-13(17)16-12(10)8-2-1-5-18-7-8/h3-4,6,8H,1-2,5,7H2,(H,15,16,17). The minimum Gasteiger partial charge on any atom is -0.381 e. The molecule has 0 saturated carbocycles. The summed E-state index contributed by atoms with van der Waals surface area (Å²) >= 11 is 0. The molecule has 1 aliphatic heterocycles. The van der Waals surface area contributed by atoms with Crippen molar-refractivity contribution in [2.75, 3.05) is 13.2 Å². The summed E-state index contributed by atoms with van der Waals surface area (Å²) in [5.41, 5.74) is 0.776. The number of halogens is 1. The smallest absolute Gasteiger partial charge is 0.345 e. The number of fused-ring (bicyclic) bond motifs is 1. The SMILES string of the molecule is O=c1nc2cc(F)ccc2c(C2CCCOC2)[nH]1. The van der Waals surface area contributed by atoms with Crippen molar-refractivity contribution >= 4 is 10.9 Å². The zero-order chi connectivity index (χ0) is 12.5. The van der Waals surface area contributed by atoms with Crippen LogP contribution in [0.5, 0.6) is 0 Å². The summed E-state index contributed by atoms with van der Waals surface area (Å²) in [4.78, 5) is 18.1. The molecule has 94 valence electrons. The van der Waals surface area contributed by atoms with E-state index in [1.54, 1.807) is 6.07 Å². The van der Waals surface area contributed by atoms with E-state index in [-0.39, 0.29) is 11.7 Å². The maximum Gasteiger partial charge on any atom is 0.345 e. The summed E-state index contributed by atoms with van der Waals surface area (Å²) in [6.07, 6.45) is 1.93. The van der Waals surface area contributed by atoms with Gasteiger partial charge in [0.05, 0.1) is 12.1 Å². The van der Waals surface area contributed by atoms with Crippen LogP contribution in [-0.2, 0) is 4.74 Å². The first-order chi connectivity index (χ1) is 8.74. The Kier molecular flexibility index (Phi) is 2.83. The lowest BCUT2D eigenvalue weighted by Crippen LogP contribution is -2.21. The van der Waals surface area contributed by atoms with Crippen molar-refractivity contribution in [3.8, 4) is 0 Å². The van der Waals surface area contributed by atoms with Gasteiger partial charge in [-0.2, -0.15) is 4.98 Å². The summed E-state index contributed by atoms with van der Waals surface area (Å²) in [5, 5.41) is 0.798. The summed E-state index contributed by atoms with van der Waals surface area (Å²) in [6.45, 7) is 1.35. The molecule has 2 heterocycles. The van der Waals surface area contributed by atoms with Crippen LogP contribution in [0.2, 0.25) is 0 Å². The molecule has 1 aromatic carbocycles. The van der Waals surface area contributed by atoms with E-state index in [2.05, 4.69) is 9.97 Å². The van der Waals surface area contributed by atoms with Crippen molar-refractivity contribution in [3.63, 3.8) is 0 Å². The summed E-state index contributed by atoms with van der Waals surface area (Å²) in [5.74, 6) is -0.228. The Hall–Kier alpha value is -1.75. The van der Waals surface area contributed by atoms with E-state index in [9.17, 15) is 9.18 Å². The van der Waals surface area contributed by atoms with Gasteiger partial charge < -0.3 is 9.72 Å². The van der Waals surface area contributed by atoms with Crippen LogP contribution < -0.4 is 5.69 Å². The van der Waals surface area contributed by atoms with Gasteiger partial charge in [-0.15, -0.1) is 0 Å². The summed E-state index contributed by atoms with van der Waals surface area (Å²) in [6, 6.07) is 4.34. The van der Waals surface area contributed by atoms with Crippen LogP contribution in [0.1, 0.15) is 24.5 Å². The second kappa shape index (κ2) is 4.49. The number of ether oxygens (including phenoxy) is 1. The second-order valence-corrected chi connectivity index (χ2v) is 4.53. The first kappa shape index (κ1) is 11.3. The molecule has 0 spiro atoms. The number of hydrogen-bond donors (Lipinski definition) is 1. The van der Waals surface area contributed by atoms with Crippen molar-refractivity contribution in [1.82, 2.24) is 9.97 Å². The van der Waals surface area contributed by atoms with E-state index in [4.69, 9.17) is 4.74 Å². The number of H-pyrrole nitrogens is 1. The van der Waals surface area contributed by atoms with E-state index in [1.165, 1.54) is 12.1 Å². The molecule has 0 radical (unpaired) electrons. The van der Waals surface area contributed by atoms with E-state index < -0.39 is 5.69 Å². The number of hydrogen-bond acceptors (Lipinski definition) is 3. The Balaban J connectivity index is 2.17. The zero-order valence-corrected chi connectivity index (χ0v) is 9.78. The molecule has 0 aliphatic carbocycles. The van der Waals surface area contributed by atoms with Crippen molar-refractivity contribution in [2.45, 2.75) is 18.8 Å². The second-order valence-electron chi connectivity index (χ2n) is 4.53. The van der Waals surface area contributed by atoms with Crippen molar-refractivity contribution < 1.29 is 9.13 Å². The summed E-state index contributed by atoms with van der Waals surface area (Å²) in [7, 11) is 0. The van der Waals surface area contributed by atoms with Gasteiger partial charge in [0.25, 0.3) is 0 Å². The van der Waals surface area contributed by atoms with Crippen LogP contribution in [0.3, 0.4) is 0 Å². The number of nitrogens with one attached hydrogen (secondary N) is 1. The van der Waals surface area contributed by atoms with Crippen LogP contribution in [0, 0.1) is 5.82 Å². The Labute approximate surface area is 103 Å². The molecule has 0 amide bonds. The van der Waals surface area contributed by atoms with Crippen molar-refractivity contribution in [1.29, 1.82) is 0 Å². The molecule has 5 heteroatoms. The van der Waals surface area contributed by atoms with E-state index in [1.807, 2.05) is 0 Å². The fourth-order valence-electron chi connectivity index (χ4n) is 2.44. The van der Waals surface area contributed by atoms with Gasteiger partial charge in [-0.25, -0.2) is 9.18 Å². The van der Waals surface area contributed by atoms with Gasteiger partial charge in [0.2, 0.25) is 0 Å². The molecule has 1 aliphatic rings. The highest BCUT2D eigenvalue weighted by Gasteiger charge is 2.20. The van der Waals surface area contributed by atoms with Gasteiger partial charge in [-0.3, -0.25) is 0 Å². The third-order valence-electron chi connectivity index (χ3n) is 3.28. The van der Waals surface area contributed by atoms with Crippen LogP contribution in [0.25, 0.3) is 10.9 Å². The minimum absolute atomic E-state index is 0.155. The molecule has 0 bridgehead atoms. The lowest BCUT2D eigenvalue weighted by Gasteiger charge is -2.22. The topological polar surface area (TPSA) is 55.0 Å². The molecule has 1 saturated heterocycles. The fourth-order valence-corrected chi connectivity index (χ4v) is 2.44. The Morgan fingerprint density at radius 1 is 1.44 bits per heavy atom. The third kappa shape index (κ3) is 2.01. The Bertz CT molecular complexity index is 632. The van der Waals surface area contributed by atoms with Gasteiger partial charge >= 0.3 is 5.69 Å². The molecular formula is C13H13FN2O2. The predicted molar refractivity (Wildman–Crippen MR) is 65.1 cm³/mol. The molecule has 4 nitrogen and oxygen atoms in total. The highest BCUT2D eigenvalue weighted by molar-refractivity contribution is 5.81. The maximum atomic E-state index is 13.2. The van der Waals surface area contributed by atoms with E-state index >= 15 is 0 Å². The molecule has 2 aromatic rings. The molecule has 1 N–H and O–H groups in total. The van der Waals surface area contributed by atoms with Crippen LogP contribution in [0.15, 0.2) is 23.0 Å². The largest absolute Gasteiger partial charge is 0.381 e. The average Bonchev–Trinajstić information content (AvgIpc) is 2.38. The van der Waals surface area contributed by atoms with Gasteiger partial charge in [0.15, 0.2) is 0 Å². The first-order valence-electron chi connectivity index (χ1n) is 6.01. The number of rotatable bonds is 1. The maximum absolute atomic E-state index is 13.2. The quantitative estimate of drug-likeness (QED) is 0.839. The van der Waals surface area contributed by atoms with Gasteiger partial charge in [0.1, 0.15) is 5.82 Å². The zero-order valence-electron chi connectivity index (χ0n) is 9.78. The monoisotopic (exact) mass is 248 g/mol. The van der Waals surface area contributed by atoms with Gasteiger partial charge in [-0.1, -0.05) is 0 Å². The lowest BCUT2D eigenvalue weighted by molar-refractivity contribution is 0.0796. The van der Waals surface area contributed by atoms with Crippen LogP contribution in [-0.4, -0.2) is 23.2 Å². The van der Waals surface area contributed by atoms with E-state index in [0.717, 1.165) is 30.5 Å². The number of nitrogens with zero attached hydrogens (tertiary/aromatic N) is 1. The minimum atomic E-state index is -0.436. The molecule has 1 aromatic heterocycles. The van der Waals surface area contributed by atoms with E-state index in [0.29, 0.717) is 12.1 Å². The predicted octanol–water partition coefficient (Wildman–Crippen LogP) is 1.96. The number of aromatic amines is 1. The van der Waals surface area contributed by atoms with Gasteiger partial charge in [-0.05, 0) is 25.0 Å². The van der Waals surface area contributed by atoms with Crippen LogP contribution >= 0.6 is 0 Å². The fraction of sp³-hybridized carbons (Fsp3) is 0.385. The molecule has 18 heavy (non-hydrogen) atoms. The van der Waals surface area contributed by atoms with Crippen LogP contribution in [0.4, 0.5) is 4.39 Å². The Morgan fingerprint density at radius 2 is 2.33 bits per heavy atom. The average molecular weight is 248 g/mol. The van der Waals surface area contributed by atoms with Gasteiger partial charge in [0, 0.05) is 29.7 Å². The van der Waals surface area contributed by atoms with Crippen molar-refractivity contribution in [2.24, 2.45) is 0 Å². The molecule has 1 unspecified atom stereocenters. The molecule has 3 rings (SSSR count). The third-order valence-corrected chi connectivity index (χ3v) is 3.28. The highest BCUT2D eigenvalue weighted by atomic mass is 19.1. The molecule has 1 atom stereocenters. The highest BCUT2D eigenvalue weighted by Crippen LogP contribution is 2.28. The molecular weight excluding hydrogens is 235 g/mol. The van der Waals surface area contributed by atoms with Crippen molar-refractivity contribution in [3.05, 3.63) is 40.2 Å². The molecule has 1 fully saturated rings. The lowest BCUT2D eigenvalue weighted by atomic mass is 9.95. The number of benzene rings is 1. The first-order valence-corrected chi connectivity index (χ1v) is 6.01. The normalized spacial score (nSPS) is 20.2. The summed E-state index contributed by atoms with van der Waals surface area (Å²) < 4.78 is 18.6. The Morgan fingerprint density at radius 3 is 3.11 bits per heavy atom.